The van der Waals surface area contributed by atoms with Gasteiger partial charge in [0.15, 0.2) is 0 Å². The Kier molecular flexibility index (Phi) is 4.04. The van der Waals surface area contributed by atoms with E-state index in [2.05, 4.69) is 10.9 Å². The number of aliphatic carboxylic acids is 1. The van der Waals surface area contributed by atoms with Crippen LogP contribution in [0.3, 0.4) is 0 Å². The van der Waals surface area contributed by atoms with Crippen LogP contribution in [-0.2, 0) is 9.59 Å². The molecule has 1 aromatic rings. The molecule has 1 amide bonds. The molecule has 0 aliphatic heterocycles. The number of carbonyl (C=O) groups is 3. The lowest BCUT2D eigenvalue weighted by Gasteiger charge is -2.07. The molecule has 4 N–H and O–H groups in total. The highest BCUT2D eigenvalue weighted by molar-refractivity contribution is 5.93. The monoisotopic (exact) mass is 238 g/mol. The third-order valence-electron chi connectivity index (χ3n) is 1.79. The van der Waals surface area contributed by atoms with E-state index in [0.29, 0.717) is 5.69 Å². The molecule has 0 atom stereocenters. The van der Waals surface area contributed by atoms with E-state index in [4.69, 9.17) is 10.2 Å². The fourth-order valence-electron chi connectivity index (χ4n) is 1.02. The topological polar surface area (TPSA) is 116 Å². The van der Waals surface area contributed by atoms with Gasteiger partial charge in [0.2, 0.25) is 5.91 Å². The van der Waals surface area contributed by atoms with Crippen LogP contribution in [0.5, 0.6) is 0 Å². The van der Waals surface area contributed by atoms with Gasteiger partial charge in [-0.25, -0.2) is 4.79 Å². The number of aromatic carboxylic acids is 1. The number of carbonyl (C=O) groups excluding carboxylic acids is 1. The number of carboxylic acids is 2. The molecule has 0 bridgehead atoms. The summed E-state index contributed by atoms with van der Waals surface area (Å²) in [5.74, 6) is -2.98. The first-order valence-electron chi connectivity index (χ1n) is 4.59. The molecule has 0 aromatic heterocycles. The molecule has 0 unspecified atom stereocenters. The second-order valence-corrected chi connectivity index (χ2v) is 3.13. The predicted octanol–water partition coefficient (Wildman–Crippen LogP) is 0.303. The van der Waals surface area contributed by atoms with Crippen LogP contribution in [0, 0.1) is 0 Å². The summed E-state index contributed by atoms with van der Waals surface area (Å²) < 4.78 is 0. The van der Waals surface area contributed by atoms with E-state index in [1.807, 2.05) is 0 Å². The highest BCUT2D eigenvalue weighted by Gasteiger charge is 2.06. The van der Waals surface area contributed by atoms with E-state index in [9.17, 15) is 14.4 Å². The highest BCUT2D eigenvalue weighted by atomic mass is 16.4. The van der Waals surface area contributed by atoms with Crippen LogP contribution >= 0.6 is 0 Å². The van der Waals surface area contributed by atoms with Gasteiger partial charge in [-0.05, 0) is 24.3 Å². The Morgan fingerprint density at radius 1 is 1.06 bits per heavy atom. The van der Waals surface area contributed by atoms with E-state index >= 15 is 0 Å². The molecule has 0 heterocycles. The number of anilines is 1. The lowest BCUT2D eigenvalue weighted by atomic mass is 10.2. The van der Waals surface area contributed by atoms with Crippen LogP contribution < -0.4 is 10.9 Å². The number of carboxylic acid groups (broad SMARTS) is 2. The normalized spacial score (nSPS) is 9.41. The van der Waals surface area contributed by atoms with Crippen LogP contribution in [0.15, 0.2) is 24.3 Å². The smallest absolute Gasteiger partial charge is 0.335 e. The van der Waals surface area contributed by atoms with Crippen molar-refractivity contribution in [1.29, 1.82) is 0 Å². The Labute approximate surface area is 96.0 Å². The van der Waals surface area contributed by atoms with E-state index in [0.717, 1.165) is 0 Å². The molecule has 0 radical (unpaired) electrons. The number of hydrogen-bond donors (Lipinski definition) is 4. The van der Waals surface area contributed by atoms with E-state index in [1.54, 1.807) is 0 Å². The van der Waals surface area contributed by atoms with Gasteiger partial charge in [0.25, 0.3) is 0 Å². The third-order valence-corrected chi connectivity index (χ3v) is 1.79. The van der Waals surface area contributed by atoms with Crippen LogP contribution in [-0.4, -0.2) is 28.1 Å². The van der Waals surface area contributed by atoms with Gasteiger partial charge >= 0.3 is 11.9 Å². The van der Waals surface area contributed by atoms with Gasteiger partial charge < -0.3 is 10.2 Å². The molecule has 17 heavy (non-hydrogen) atoms. The fourth-order valence-corrected chi connectivity index (χ4v) is 1.02. The minimum atomic E-state index is -1.23. The molecule has 0 saturated carbocycles. The van der Waals surface area contributed by atoms with Crippen LogP contribution in [0.1, 0.15) is 16.8 Å². The summed E-state index contributed by atoms with van der Waals surface area (Å²) in [5.41, 5.74) is 5.19. The maximum Gasteiger partial charge on any atom is 0.335 e. The van der Waals surface area contributed by atoms with Gasteiger partial charge in [-0.2, -0.15) is 0 Å². The van der Waals surface area contributed by atoms with Crippen molar-refractivity contribution in [2.24, 2.45) is 0 Å². The third kappa shape index (κ3) is 4.20. The van der Waals surface area contributed by atoms with Crippen LogP contribution in [0.25, 0.3) is 0 Å². The zero-order chi connectivity index (χ0) is 12.8. The minimum absolute atomic E-state index is 0.118. The van der Waals surface area contributed by atoms with Crippen molar-refractivity contribution >= 4 is 23.5 Å². The summed E-state index contributed by atoms with van der Waals surface area (Å²) >= 11 is 0. The molecular formula is C10H10N2O5. The molecule has 1 aromatic carbocycles. The summed E-state index contributed by atoms with van der Waals surface area (Å²) in [6.45, 7) is 0. The SMILES string of the molecule is O=C(O)CC(=O)NNc1ccc(C(=O)O)cc1. The van der Waals surface area contributed by atoms with Gasteiger partial charge in [-0.15, -0.1) is 0 Å². The average molecular weight is 238 g/mol. The van der Waals surface area contributed by atoms with Crippen molar-refractivity contribution in [1.82, 2.24) is 5.43 Å². The molecule has 0 fully saturated rings. The molecule has 7 nitrogen and oxygen atoms in total. The lowest BCUT2D eigenvalue weighted by molar-refractivity contribution is -0.140. The van der Waals surface area contributed by atoms with Crippen molar-refractivity contribution in [3.05, 3.63) is 29.8 Å². The van der Waals surface area contributed by atoms with Gasteiger partial charge in [0.1, 0.15) is 6.42 Å². The second-order valence-electron chi connectivity index (χ2n) is 3.13. The van der Waals surface area contributed by atoms with Crippen molar-refractivity contribution in [2.45, 2.75) is 6.42 Å². The molecule has 0 saturated heterocycles. The minimum Gasteiger partial charge on any atom is -0.481 e. The van der Waals surface area contributed by atoms with Crippen molar-refractivity contribution < 1.29 is 24.6 Å². The van der Waals surface area contributed by atoms with Crippen LogP contribution in [0.4, 0.5) is 5.69 Å². The summed E-state index contributed by atoms with van der Waals surface area (Å²) in [5, 5.41) is 17.0. The molecule has 90 valence electrons. The average Bonchev–Trinajstić information content (AvgIpc) is 2.26. The van der Waals surface area contributed by atoms with Gasteiger partial charge in [-0.3, -0.25) is 20.4 Å². The zero-order valence-electron chi connectivity index (χ0n) is 8.64. The van der Waals surface area contributed by atoms with E-state index in [-0.39, 0.29) is 5.56 Å². The molecular weight excluding hydrogens is 228 g/mol. The Morgan fingerprint density at radius 3 is 2.12 bits per heavy atom. The molecule has 0 aliphatic carbocycles. The predicted molar refractivity (Wildman–Crippen MR) is 57.4 cm³/mol. The summed E-state index contributed by atoms with van der Waals surface area (Å²) in [6.07, 6.45) is -0.639. The Morgan fingerprint density at radius 2 is 1.65 bits per heavy atom. The van der Waals surface area contributed by atoms with Crippen molar-refractivity contribution in [3.63, 3.8) is 0 Å². The zero-order valence-corrected chi connectivity index (χ0v) is 8.64. The summed E-state index contributed by atoms with van der Waals surface area (Å²) in [6, 6.07) is 5.61. The summed E-state index contributed by atoms with van der Waals surface area (Å²) in [4.78, 5) is 31.7. The first kappa shape index (κ1) is 12.5. The van der Waals surface area contributed by atoms with Crippen LogP contribution in [0.2, 0.25) is 0 Å². The second kappa shape index (κ2) is 5.50. The molecule has 0 spiro atoms. The largest absolute Gasteiger partial charge is 0.481 e. The standard InChI is InChI=1S/C10H10N2O5/c13-8(5-9(14)15)12-11-7-3-1-6(2-4-7)10(16)17/h1-4,11H,5H2,(H,12,13)(H,14,15)(H,16,17). The van der Waals surface area contributed by atoms with E-state index in [1.165, 1.54) is 24.3 Å². The van der Waals surface area contributed by atoms with E-state index < -0.39 is 24.3 Å². The maximum absolute atomic E-state index is 11.0. The number of rotatable bonds is 5. The summed E-state index contributed by atoms with van der Waals surface area (Å²) in [7, 11) is 0. The Bertz CT molecular complexity index is 441. The first-order valence-corrected chi connectivity index (χ1v) is 4.59. The van der Waals surface area contributed by atoms with Gasteiger partial charge in [-0.1, -0.05) is 0 Å². The quantitative estimate of drug-likeness (QED) is 0.433. The fraction of sp³-hybridized carbons (Fsp3) is 0.100. The van der Waals surface area contributed by atoms with Crippen molar-refractivity contribution in [2.75, 3.05) is 5.43 Å². The number of benzene rings is 1. The Balaban J connectivity index is 2.50. The molecule has 7 heteroatoms. The molecule has 1 rings (SSSR count). The maximum atomic E-state index is 11.0. The van der Waals surface area contributed by atoms with Gasteiger partial charge in [0, 0.05) is 0 Å². The number of hydrazine groups is 1. The lowest BCUT2D eigenvalue weighted by Crippen LogP contribution is -2.30. The van der Waals surface area contributed by atoms with Gasteiger partial charge in [0.05, 0.1) is 11.3 Å². The number of hydrogen-bond acceptors (Lipinski definition) is 4. The highest BCUT2D eigenvalue weighted by Crippen LogP contribution is 2.08. The number of amides is 1. The molecule has 0 aliphatic rings. The number of nitrogens with one attached hydrogen (secondary N) is 2. The Hall–Kier alpha value is -2.57. The van der Waals surface area contributed by atoms with Crippen molar-refractivity contribution in [3.8, 4) is 0 Å². The first-order chi connectivity index (χ1) is 7.99.